The van der Waals surface area contributed by atoms with E-state index in [-0.39, 0.29) is 0 Å². The summed E-state index contributed by atoms with van der Waals surface area (Å²) in [7, 11) is 0. The fourth-order valence-corrected chi connectivity index (χ4v) is 3.46. The molecular formula is C18H23NS. The summed E-state index contributed by atoms with van der Waals surface area (Å²) >= 11 is 1.94. The van der Waals surface area contributed by atoms with E-state index >= 15 is 0 Å². The van der Waals surface area contributed by atoms with Crippen LogP contribution in [-0.4, -0.2) is 12.3 Å². The average molecular weight is 285 g/mol. The zero-order valence-electron chi connectivity index (χ0n) is 12.5. The minimum Gasteiger partial charge on any atom is -0.309 e. The van der Waals surface area contributed by atoms with Gasteiger partial charge in [0.1, 0.15) is 0 Å². The molecule has 20 heavy (non-hydrogen) atoms. The number of hydrogen-bond acceptors (Lipinski definition) is 2. The Kier molecular flexibility index (Phi) is 5.69. The number of aryl methyl sites for hydroxylation is 2. The molecule has 1 atom stereocenters. The Bertz CT molecular complexity index is 536. The van der Waals surface area contributed by atoms with Gasteiger partial charge in [-0.15, -0.1) is 11.8 Å². The van der Waals surface area contributed by atoms with E-state index in [0.29, 0.717) is 6.04 Å². The topological polar surface area (TPSA) is 12.0 Å². The highest BCUT2D eigenvalue weighted by atomic mass is 32.2. The van der Waals surface area contributed by atoms with Gasteiger partial charge in [0.2, 0.25) is 0 Å². The van der Waals surface area contributed by atoms with Crippen LogP contribution >= 0.6 is 11.8 Å². The first-order valence-electron chi connectivity index (χ1n) is 7.19. The summed E-state index contributed by atoms with van der Waals surface area (Å²) in [5.41, 5.74) is 4.06. The normalized spacial score (nSPS) is 12.3. The van der Waals surface area contributed by atoms with Gasteiger partial charge in [0.15, 0.2) is 0 Å². The van der Waals surface area contributed by atoms with Gasteiger partial charge in [0.25, 0.3) is 0 Å². The highest BCUT2D eigenvalue weighted by Gasteiger charge is 2.11. The summed E-state index contributed by atoms with van der Waals surface area (Å²) in [6.07, 6.45) is 0. The van der Waals surface area contributed by atoms with Crippen molar-refractivity contribution in [3.63, 3.8) is 0 Å². The smallest absolute Gasteiger partial charge is 0.0415 e. The lowest BCUT2D eigenvalue weighted by atomic mass is 10.1. The van der Waals surface area contributed by atoms with E-state index in [1.807, 2.05) is 11.8 Å². The second-order valence-corrected chi connectivity index (χ2v) is 6.16. The highest BCUT2D eigenvalue weighted by Crippen LogP contribution is 2.28. The van der Waals surface area contributed by atoms with E-state index < -0.39 is 0 Å². The summed E-state index contributed by atoms with van der Waals surface area (Å²) in [6.45, 7) is 7.50. The molecule has 0 saturated carbocycles. The Hall–Kier alpha value is -1.25. The van der Waals surface area contributed by atoms with E-state index in [0.717, 1.165) is 12.3 Å². The molecule has 2 rings (SSSR count). The van der Waals surface area contributed by atoms with Gasteiger partial charge in [-0.3, -0.25) is 0 Å². The summed E-state index contributed by atoms with van der Waals surface area (Å²) in [6, 6.07) is 17.8. The van der Waals surface area contributed by atoms with E-state index in [1.54, 1.807) is 0 Å². The lowest BCUT2D eigenvalue weighted by Gasteiger charge is -2.18. The summed E-state index contributed by atoms with van der Waals surface area (Å²) < 4.78 is 0. The SMILES string of the molecule is CCNC(CSc1cc(C)ccc1C)c1ccccc1. The van der Waals surface area contributed by atoms with Crippen LogP contribution in [0.2, 0.25) is 0 Å². The number of rotatable bonds is 6. The molecule has 0 spiro atoms. The number of nitrogens with one attached hydrogen (secondary N) is 1. The van der Waals surface area contributed by atoms with Crippen LogP contribution in [-0.2, 0) is 0 Å². The van der Waals surface area contributed by atoms with Crippen molar-refractivity contribution in [2.45, 2.75) is 31.7 Å². The van der Waals surface area contributed by atoms with Gasteiger partial charge in [0, 0.05) is 16.7 Å². The van der Waals surface area contributed by atoms with Crippen LogP contribution in [0.15, 0.2) is 53.4 Å². The van der Waals surface area contributed by atoms with Gasteiger partial charge in [-0.1, -0.05) is 55.0 Å². The molecular weight excluding hydrogens is 262 g/mol. The molecule has 2 aromatic carbocycles. The van der Waals surface area contributed by atoms with Gasteiger partial charge in [-0.25, -0.2) is 0 Å². The van der Waals surface area contributed by atoms with Gasteiger partial charge in [-0.2, -0.15) is 0 Å². The molecule has 0 aliphatic carbocycles. The van der Waals surface area contributed by atoms with Crippen molar-refractivity contribution in [3.8, 4) is 0 Å². The third-order valence-corrected chi connectivity index (χ3v) is 4.65. The lowest BCUT2D eigenvalue weighted by Crippen LogP contribution is -2.22. The third-order valence-electron chi connectivity index (χ3n) is 3.40. The molecule has 0 aliphatic heterocycles. The van der Waals surface area contributed by atoms with Crippen molar-refractivity contribution < 1.29 is 0 Å². The van der Waals surface area contributed by atoms with Gasteiger partial charge in [-0.05, 0) is 37.6 Å². The van der Waals surface area contributed by atoms with Crippen LogP contribution in [0.5, 0.6) is 0 Å². The molecule has 1 nitrogen and oxygen atoms in total. The van der Waals surface area contributed by atoms with Crippen molar-refractivity contribution in [2.24, 2.45) is 0 Å². The monoisotopic (exact) mass is 285 g/mol. The number of thioether (sulfide) groups is 1. The van der Waals surface area contributed by atoms with Crippen LogP contribution in [0, 0.1) is 13.8 Å². The highest BCUT2D eigenvalue weighted by molar-refractivity contribution is 7.99. The molecule has 0 saturated heterocycles. The molecule has 0 radical (unpaired) electrons. The zero-order valence-corrected chi connectivity index (χ0v) is 13.3. The molecule has 0 bridgehead atoms. The Labute approximate surface area is 126 Å². The minimum atomic E-state index is 0.408. The Morgan fingerprint density at radius 1 is 1.05 bits per heavy atom. The molecule has 1 unspecified atom stereocenters. The maximum atomic E-state index is 3.58. The predicted molar refractivity (Wildman–Crippen MR) is 89.5 cm³/mol. The molecule has 0 amide bonds. The Morgan fingerprint density at radius 2 is 1.80 bits per heavy atom. The molecule has 1 N–H and O–H groups in total. The second-order valence-electron chi connectivity index (χ2n) is 5.10. The maximum absolute atomic E-state index is 3.58. The first kappa shape index (κ1) is 15.1. The Balaban J connectivity index is 2.07. The fourth-order valence-electron chi connectivity index (χ4n) is 2.24. The van der Waals surface area contributed by atoms with Crippen molar-refractivity contribution in [1.82, 2.24) is 5.32 Å². The van der Waals surface area contributed by atoms with Crippen molar-refractivity contribution >= 4 is 11.8 Å². The van der Waals surface area contributed by atoms with Crippen molar-refractivity contribution in [2.75, 3.05) is 12.3 Å². The predicted octanol–water partition coefficient (Wildman–Crippen LogP) is 4.75. The molecule has 0 aromatic heterocycles. The van der Waals surface area contributed by atoms with Gasteiger partial charge < -0.3 is 5.32 Å². The summed E-state index contributed by atoms with van der Waals surface area (Å²) in [5.74, 6) is 1.06. The quantitative estimate of drug-likeness (QED) is 0.769. The molecule has 0 aliphatic rings. The van der Waals surface area contributed by atoms with Crippen LogP contribution in [0.4, 0.5) is 0 Å². The number of benzene rings is 2. The molecule has 0 heterocycles. The molecule has 106 valence electrons. The molecule has 0 fully saturated rings. The largest absolute Gasteiger partial charge is 0.309 e. The van der Waals surface area contributed by atoms with Crippen LogP contribution in [0.25, 0.3) is 0 Å². The first-order valence-corrected chi connectivity index (χ1v) is 8.17. The first-order chi connectivity index (χ1) is 9.70. The van der Waals surface area contributed by atoms with Crippen LogP contribution < -0.4 is 5.32 Å². The standard InChI is InChI=1S/C18H23NS/c1-4-19-17(16-8-6-5-7-9-16)13-20-18-12-14(2)10-11-15(18)3/h5-12,17,19H,4,13H2,1-3H3. The van der Waals surface area contributed by atoms with Gasteiger partial charge >= 0.3 is 0 Å². The molecule has 2 aromatic rings. The van der Waals surface area contributed by atoms with E-state index in [1.165, 1.54) is 21.6 Å². The fraction of sp³-hybridized carbons (Fsp3) is 0.333. The van der Waals surface area contributed by atoms with Crippen molar-refractivity contribution in [3.05, 3.63) is 65.2 Å². The number of hydrogen-bond donors (Lipinski definition) is 1. The summed E-state index contributed by atoms with van der Waals surface area (Å²) in [4.78, 5) is 1.39. The lowest BCUT2D eigenvalue weighted by molar-refractivity contribution is 0.606. The third kappa shape index (κ3) is 4.12. The minimum absolute atomic E-state index is 0.408. The maximum Gasteiger partial charge on any atom is 0.0415 e. The van der Waals surface area contributed by atoms with Gasteiger partial charge in [0.05, 0.1) is 0 Å². The van der Waals surface area contributed by atoms with Crippen LogP contribution in [0.1, 0.15) is 29.7 Å². The second kappa shape index (κ2) is 7.51. The van der Waals surface area contributed by atoms with E-state index in [2.05, 4.69) is 74.6 Å². The molecule has 2 heteroatoms. The average Bonchev–Trinajstić information content (AvgIpc) is 2.47. The van der Waals surface area contributed by atoms with Crippen molar-refractivity contribution in [1.29, 1.82) is 0 Å². The summed E-state index contributed by atoms with van der Waals surface area (Å²) in [5, 5.41) is 3.58. The van der Waals surface area contributed by atoms with E-state index in [4.69, 9.17) is 0 Å². The zero-order chi connectivity index (χ0) is 14.4. The van der Waals surface area contributed by atoms with E-state index in [9.17, 15) is 0 Å². The van der Waals surface area contributed by atoms with Crippen LogP contribution in [0.3, 0.4) is 0 Å². The Morgan fingerprint density at radius 3 is 2.50 bits per heavy atom.